The molecule has 0 saturated carbocycles. The number of carboxylic acid groups (broad SMARTS) is 2. The van der Waals surface area contributed by atoms with Gasteiger partial charge >= 0.3 is 41.5 Å². The van der Waals surface area contributed by atoms with Gasteiger partial charge in [0, 0.05) is 11.6 Å². The Balaban J connectivity index is 0.00000400. The second-order valence-electron chi connectivity index (χ2n) is 7.65. The fourth-order valence-corrected chi connectivity index (χ4v) is 4.15. The number of fused-ring (bicyclic) bond motifs is 1. The summed E-state index contributed by atoms with van der Waals surface area (Å²) >= 11 is 0. The number of aromatic hydroxyl groups is 1. The number of benzene rings is 3. The van der Waals surface area contributed by atoms with Crippen molar-refractivity contribution in [2.75, 3.05) is 0 Å². The number of rotatable bonds is 7. The summed E-state index contributed by atoms with van der Waals surface area (Å²) in [5.41, 5.74) is 0.668. The Hall–Kier alpha value is -3.94. The van der Waals surface area contributed by atoms with E-state index in [4.69, 9.17) is 5.11 Å². The van der Waals surface area contributed by atoms with Crippen molar-refractivity contribution in [3.8, 4) is 5.75 Å². The van der Waals surface area contributed by atoms with Crippen LogP contribution in [-0.2, 0) is 10.1 Å². The molecule has 0 aliphatic rings. The van der Waals surface area contributed by atoms with Gasteiger partial charge in [-0.15, -0.1) is 5.11 Å². The van der Waals surface area contributed by atoms with Crippen LogP contribution in [0.5, 0.6) is 5.75 Å². The molecule has 1 heterocycles. The first-order valence-corrected chi connectivity index (χ1v) is 11.9. The van der Waals surface area contributed by atoms with E-state index in [9.17, 15) is 32.8 Å². The van der Waals surface area contributed by atoms with Gasteiger partial charge in [0.15, 0.2) is 5.75 Å². The van der Waals surface area contributed by atoms with Gasteiger partial charge in [-0.05, 0) is 53.6 Å². The molecule has 0 atom stereocenters. The molecule has 4 N–H and O–H groups in total. The van der Waals surface area contributed by atoms with E-state index in [-0.39, 0.29) is 63.0 Å². The Morgan fingerprint density at radius 3 is 2.24 bits per heavy atom. The molecule has 0 amide bonds. The predicted molar refractivity (Wildman–Crippen MR) is 133 cm³/mol. The van der Waals surface area contributed by atoms with Crippen LogP contribution in [0.15, 0.2) is 82.0 Å². The van der Waals surface area contributed by atoms with Crippen molar-refractivity contribution < 1.29 is 67.4 Å². The standard InChI is InChI=1S/C25H17N3O8S.Na/c29-23-20(13-21(37(34,35)36)18-2-1-11-26-22(18)23)28-27-17-10-9-15(19(12-17)25(32)33)6-3-14-4-7-16(8-5-14)24(30)31;/h1-13,29H,(H,30,31)(H,32,33)(H,34,35,36);/q;+1/b6-3+,28-27?;. The Labute approximate surface area is 237 Å². The van der Waals surface area contributed by atoms with Crippen molar-refractivity contribution in [3.05, 3.63) is 89.1 Å². The third-order valence-corrected chi connectivity index (χ3v) is 6.13. The number of phenols is 1. The molecule has 0 radical (unpaired) electrons. The number of pyridine rings is 1. The van der Waals surface area contributed by atoms with Crippen LogP contribution >= 0.6 is 0 Å². The third-order valence-electron chi connectivity index (χ3n) is 5.24. The quantitative estimate of drug-likeness (QED) is 0.117. The first-order chi connectivity index (χ1) is 17.5. The van der Waals surface area contributed by atoms with Crippen LogP contribution in [-0.4, -0.2) is 45.2 Å². The van der Waals surface area contributed by atoms with E-state index < -0.39 is 32.7 Å². The van der Waals surface area contributed by atoms with Crippen molar-refractivity contribution in [3.63, 3.8) is 0 Å². The van der Waals surface area contributed by atoms with E-state index in [2.05, 4.69) is 15.2 Å². The average molecular weight is 542 g/mol. The van der Waals surface area contributed by atoms with Crippen LogP contribution in [0.2, 0.25) is 0 Å². The molecule has 0 saturated heterocycles. The minimum absolute atomic E-state index is 0. The van der Waals surface area contributed by atoms with E-state index in [0.717, 1.165) is 6.07 Å². The molecule has 186 valence electrons. The second-order valence-corrected chi connectivity index (χ2v) is 9.04. The molecule has 0 aliphatic heterocycles. The van der Waals surface area contributed by atoms with Gasteiger partial charge in [-0.1, -0.05) is 30.4 Å². The molecular formula is C25H17N3NaO8S+. The van der Waals surface area contributed by atoms with Crippen LogP contribution in [0.3, 0.4) is 0 Å². The molecule has 0 unspecified atom stereocenters. The normalized spacial score (nSPS) is 11.6. The first kappa shape index (κ1) is 28.6. The number of carboxylic acids is 2. The third kappa shape index (κ3) is 6.30. The zero-order chi connectivity index (χ0) is 26.7. The number of aromatic carboxylic acids is 2. The molecule has 4 aromatic rings. The van der Waals surface area contributed by atoms with Crippen LogP contribution in [0.4, 0.5) is 11.4 Å². The van der Waals surface area contributed by atoms with Gasteiger partial charge in [0.1, 0.15) is 16.1 Å². The monoisotopic (exact) mass is 542 g/mol. The predicted octanol–water partition coefficient (Wildman–Crippen LogP) is 2.17. The van der Waals surface area contributed by atoms with E-state index >= 15 is 0 Å². The molecule has 11 nitrogen and oxygen atoms in total. The first-order valence-electron chi connectivity index (χ1n) is 10.4. The molecule has 0 fully saturated rings. The molecule has 38 heavy (non-hydrogen) atoms. The zero-order valence-electron chi connectivity index (χ0n) is 19.7. The smallest absolute Gasteiger partial charge is 0.504 e. The molecule has 3 aromatic carbocycles. The van der Waals surface area contributed by atoms with E-state index in [1.165, 1.54) is 48.7 Å². The number of hydrogen-bond acceptors (Lipinski definition) is 8. The van der Waals surface area contributed by atoms with Crippen LogP contribution in [0.1, 0.15) is 31.8 Å². The summed E-state index contributed by atoms with van der Waals surface area (Å²) in [7, 11) is -4.68. The molecular weight excluding hydrogens is 525 g/mol. The van der Waals surface area contributed by atoms with Crippen molar-refractivity contribution in [1.82, 2.24) is 4.98 Å². The van der Waals surface area contributed by atoms with Crippen LogP contribution < -0.4 is 29.6 Å². The van der Waals surface area contributed by atoms with Gasteiger partial charge in [-0.3, -0.25) is 9.54 Å². The number of phenolic OH excluding ortho intramolecular Hbond substituents is 1. The van der Waals surface area contributed by atoms with Gasteiger partial charge in [0.25, 0.3) is 10.1 Å². The largest absolute Gasteiger partial charge is 1.00 e. The summed E-state index contributed by atoms with van der Waals surface area (Å²) in [5.74, 6) is -2.78. The fourth-order valence-electron chi connectivity index (χ4n) is 3.45. The Morgan fingerprint density at radius 2 is 1.61 bits per heavy atom. The van der Waals surface area contributed by atoms with Gasteiger partial charge in [-0.25, -0.2) is 9.59 Å². The Kier molecular flexibility index (Phi) is 8.76. The fraction of sp³-hybridized carbons (Fsp3) is 0. The van der Waals surface area contributed by atoms with E-state index in [0.29, 0.717) is 11.1 Å². The van der Waals surface area contributed by atoms with E-state index in [1.807, 2.05) is 0 Å². The SMILES string of the molecule is O=C(O)c1ccc(/C=C/c2ccc(N=Nc3cc(S(=O)(=O)O)c4cccnc4c3O)cc2C(=O)O)cc1.[Na+]. The topological polar surface area (TPSA) is 187 Å². The number of aromatic nitrogens is 1. The summed E-state index contributed by atoms with van der Waals surface area (Å²) in [6.45, 7) is 0. The minimum Gasteiger partial charge on any atom is -0.504 e. The number of carbonyl (C=O) groups is 2. The summed E-state index contributed by atoms with van der Waals surface area (Å²) in [4.78, 5) is 26.2. The summed E-state index contributed by atoms with van der Waals surface area (Å²) < 4.78 is 33.2. The van der Waals surface area contributed by atoms with Crippen LogP contribution in [0, 0.1) is 0 Å². The van der Waals surface area contributed by atoms with Crippen molar-refractivity contribution in [1.29, 1.82) is 0 Å². The number of hydrogen-bond donors (Lipinski definition) is 4. The minimum atomic E-state index is -4.68. The Morgan fingerprint density at radius 1 is 0.895 bits per heavy atom. The second kappa shape index (κ2) is 11.6. The van der Waals surface area contributed by atoms with E-state index in [1.54, 1.807) is 24.3 Å². The zero-order valence-corrected chi connectivity index (χ0v) is 22.5. The summed E-state index contributed by atoms with van der Waals surface area (Å²) in [6.07, 6.45) is 4.48. The van der Waals surface area contributed by atoms with Gasteiger partial charge in [0.05, 0.1) is 16.8 Å². The molecule has 1 aromatic heterocycles. The Bertz CT molecular complexity index is 1720. The van der Waals surface area contributed by atoms with Crippen molar-refractivity contribution >= 4 is 56.5 Å². The maximum Gasteiger partial charge on any atom is 1.00 e. The molecule has 4 rings (SSSR count). The summed E-state index contributed by atoms with van der Waals surface area (Å²) in [5, 5.41) is 36.9. The molecule has 0 aliphatic carbocycles. The van der Waals surface area contributed by atoms with Crippen molar-refractivity contribution in [2.45, 2.75) is 4.90 Å². The van der Waals surface area contributed by atoms with Crippen LogP contribution in [0.25, 0.3) is 23.1 Å². The van der Waals surface area contributed by atoms with Crippen molar-refractivity contribution in [2.24, 2.45) is 10.2 Å². The van der Waals surface area contributed by atoms with Gasteiger partial charge in [-0.2, -0.15) is 13.5 Å². The average Bonchev–Trinajstić information content (AvgIpc) is 2.87. The van der Waals surface area contributed by atoms with Gasteiger partial charge in [0.2, 0.25) is 0 Å². The maximum atomic E-state index is 11.8. The molecule has 13 heteroatoms. The van der Waals surface area contributed by atoms with Gasteiger partial charge < -0.3 is 15.3 Å². The molecule has 0 bridgehead atoms. The number of nitrogens with zero attached hydrogens (tertiary/aromatic N) is 3. The summed E-state index contributed by atoms with van der Waals surface area (Å²) in [6, 6.07) is 13.9. The molecule has 0 spiro atoms. The maximum absolute atomic E-state index is 11.8. The number of azo groups is 1.